The molecule has 0 aliphatic heterocycles. The van der Waals surface area contributed by atoms with Gasteiger partial charge in [0.15, 0.2) is 5.82 Å². The van der Waals surface area contributed by atoms with Crippen LogP contribution in [0.2, 0.25) is 0 Å². The van der Waals surface area contributed by atoms with Gasteiger partial charge >= 0.3 is 0 Å². The number of halogens is 3. The van der Waals surface area contributed by atoms with Gasteiger partial charge in [0.25, 0.3) is 5.91 Å². The van der Waals surface area contributed by atoms with Gasteiger partial charge in [0.2, 0.25) is 0 Å². The predicted octanol–water partition coefficient (Wildman–Crippen LogP) is 2.13. The Balaban J connectivity index is 2.99. The topological polar surface area (TPSA) is 61.7 Å². The first-order chi connectivity index (χ1) is 7.04. The Morgan fingerprint density at radius 3 is 2.80 bits per heavy atom. The van der Waals surface area contributed by atoms with Crippen LogP contribution < -0.4 is 5.32 Å². The van der Waals surface area contributed by atoms with Gasteiger partial charge in [-0.1, -0.05) is 5.16 Å². The van der Waals surface area contributed by atoms with E-state index in [4.69, 9.17) is 5.21 Å². The number of rotatable bonds is 2. The molecule has 1 aromatic rings. The molecule has 15 heavy (non-hydrogen) atoms. The highest BCUT2D eigenvalue weighted by Crippen LogP contribution is 2.24. The first-order valence-electron chi connectivity index (χ1n) is 3.67. The van der Waals surface area contributed by atoms with Gasteiger partial charge in [-0.05, 0) is 22.0 Å². The Kier molecular flexibility index (Phi) is 3.73. The highest BCUT2D eigenvalue weighted by atomic mass is 79.9. The molecule has 2 N–H and O–H groups in total. The van der Waals surface area contributed by atoms with Crippen LogP contribution in [-0.2, 0) is 4.79 Å². The van der Waals surface area contributed by atoms with Crippen LogP contribution in [0.3, 0.4) is 0 Å². The number of nitrogens with one attached hydrogen (secondary N) is 1. The summed E-state index contributed by atoms with van der Waals surface area (Å²) in [6.45, 7) is 0. The van der Waals surface area contributed by atoms with E-state index >= 15 is 0 Å². The fraction of sp³-hybridized carbons (Fsp3) is 0. The van der Waals surface area contributed by atoms with Crippen molar-refractivity contribution >= 4 is 33.7 Å². The fourth-order valence-corrected chi connectivity index (χ4v) is 1.30. The summed E-state index contributed by atoms with van der Waals surface area (Å²) in [4.78, 5) is 10.9. The molecule has 80 valence electrons. The van der Waals surface area contributed by atoms with E-state index in [0.717, 1.165) is 12.1 Å². The van der Waals surface area contributed by atoms with E-state index in [2.05, 4.69) is 21.1 Å². The maximum absolute atomic E-state index is 13.2. The third-order valence-electron chi connectivity index (χ3n) is 1.43. The largest absolute Gasteiger partial charge is 0.411 e. The summed E-state index contributed by atoms with van der Waals surface area (Å²) < 4.78 is 25.9. The molecular weight excluding hydrogens is 274 g/mol. The molecule has 0 unspecified atom stereocenters. The lowest BCUT2D eigenvalue weighted by Crippen LogP contribution is -2.14. The van der Waals surface area contributed by atoms with Crippen LogP contribution in [0.5, 0.6) is 0 Å². The van der Waals surface area contributed by atoms with Crippen molar-refractivity contribution in [2.24, 2.45) is 5.16 Å². The minimum atomic E-state index is -0.867. The van der Waals surface area contributed by atoms with E-state index in [1.807, 2.05) is 5.32 Å². The molecule has 1 amide bonds. The molecule has 0 aromatic heterocycles. The van der Waals surface area contributed by atoms with Crippen molar-refractivity contribution in [1.82, 2.24) is 0 Å². The Hall–Kier alpha value is -1.50. The van der Waals surface area contributed by atoms with E-state index in [0.29, 0.717) is 6.21 Å². The number of nitrogens with zero attached hydrogens (tertiary/aromatic N) is 1. The molecule has 4 nitrogen and oxygen atoms in total. The van der Waals surface area contributed by atoms with E-state index in [-0.39, 0.29) is 10.2 Å². The Labute approximate surface area is 91.7 Å². The van der Waals surface area contributed by atoms with Crippen LogP contribution >= 0.6 is 15.9 Å². The monoisotopic (exact) mass is 278 g/mol. The maximum Gasteiger partial charge on any atom is 0.270 e. The standard InChI is InChI=1S/C8H5BrF2N2O2/c9-5-1-4(10)2-6(8(5)11)13-7(14)3-12-15/h1-3,15H,(H,13,14). The normalized spacial score (nSPS) is 10.6. The quantitative estimate of drug-likeness (QED) is 0.377. The third-order valence-corrected chi connectivity index (χ3v) is 2.00. The third kappa shape index (κ3) is 2.98. The first kappa shape index (κ1) is 11.6. The lowest BCUT2D eigenvalue weighted by molar-refractivity contribution is -0.110. The molecule has 0 aliphatic carbocycles. The van der Waals surface area contributed by atoms with Gasteiger partial charge in [0, 0.05) is 6.07 Å². The second-order valence-corrected chi connectivity index (χ2v) is 3.34. The summed E-state index contributed by atoms with van der Waals surface area (Å²) in [5, 5.41) is 12.5. The molecule has 0 fully saturated rings. The lowest BCUT2D eigenvalue weighted by atomic mass is 10.3. The molecule has 0 heterocycles. The fourth-order valence-electron chi connectivity index (χ4n) is 0.864. The number of amides is 1. The van der Waals surface area contributed by atoms with Crippen molar-refractivity contribution < 1.29 is 18.8 Å². The summed E-state index contributed by atoms with van der Waals surface area (Å²) in [6, 6.07) is 1.73. The maximum atomic E-state index is 13.2. The zero-order chi connectivity index (χ0) is 11.4. The van der Waals surface area contributed by atoms with Crippen molar-refractivity contribution in [3.8, 4) is 0 Å². The number of anilines is 1. The second-order valence-electron chi connectivity index (χ2n) is 2.48. The van der Waals surface area contributed by atoms with Gasteiger partial charge in [-0.25, -0.2) is 8.78 Å². The molecule has 1 aromatic carbocycles. The van der Waals surface area contributed by atoms with E-state index in [1.54, 1.807) is 0 Å². The SMILES string of the molecule is O=C(C=NO)Nc1cc(F)cc(Br)c1F. The van der Waals surface area contributed by atoms with E-state index in [9.17, 15) is 13.6 Å². The molecule has 0 saturated heterocycles. The Morgan fingerprint density at radius 1 is 1.53 bits per heavy atom. The van der Waals surface area contributed by atoms with Gasteiger partial charge in [0.05, 0.1) is 10.2 Å². The van der Waals surface area contributed by atoms with Crippen molar-refractivity contribution in [1.29, 1.82) is 0 Å². The van der Waals surface area contributed by atoms with Crippen LogP contribution in [-0.4, -0.2) is 17.3 Å². The number of oxime groups is 1. The predicted molar refractivity (Wildman–Crippen MR) is 53.0 cm³/mol. The number of hydrogen-bond acceptors (Lipinski definition) is 3. The Bertz CT molecular complexity index is 423. The van der Waals surface area contributed by atoms with Gasteiger partial charge < -0.3 is 10.5 Å². The zero-order valence-corrected chi connectivity index (χ0v) is 8.75. The van der Waals surface area contributed by atoms with Gasteiger partial charge in [-0.2, -0.15) is 0 Å². The van der Waals surface area contributed by atoms with Crippen molar-refractivity contribution in [3.63, 3.8) is 0 Å². The molecule has 7 heteroatoms. The van der Waals surface area contributed by atoms with Crippen LogP contribution in [0.4, 0.5) is 14.5 Å². The average molecular weight is 279 g/mol. The highest BCUT2D eigenvalue weighted by molar-refractivity contribution is 9.10. The number of carbonyl (C=O) groups is 1. The zero-order valence-electron chi connectivity index (χ0n) is 7.17. The molecule has 0 atom stereocenters. The minimum Gasteiger partial charge on any atom is -0.411 e. The van der Waals surface area contributed by atoms with Crippen molar-refractivity contribution in [3.05, 3.63) is 28.2 Å². The molecule has 0 bridgehead atoms. The summed E-state index contributed by atoms with van der Waals surface area (Å²) in [5.74, 6) is -2.38. The highest BCUT2D eigenvalue weighted by Gasteiger charge is 2.10. The van der Waals surface area contributed by atoms with Crippen LogP contribution in [0, 0.1) is 11.6 Å². The summed E-state index contributed by atoms with van der Waals surface area (Å²) in [7, 11) is 0. The number of hydrogen-bond donors (Lipinski definition) is 2. The molecule has 1 rings (SSSR count). The molecular formula is C8H5BrF2N2O2. The van der Waals surface area contributed by atoms with Crippen molar-refractivity contribution in [2.45, 2.75) is 0 Å². The molecule has 0 saturated carbocycles. The van der Waals surface area contributed by atoms with Gasteiger partial charge in [0.1, 0.15) is 12.0 Å². The minimum absolute atomic E-state index is 0.112. The first-order valence-corrected chi connectivity index (χ1v) is 4.47. The van der Waals surface area contributed by atoms with Gasteiger partial charge in [-0.15, -0.1) is 0 Å². The van der Waals surface area contributed by atoms with Crippen LogP contribution in [0.15, 0.2) is 21.8 Å². The van der Waals surface area contributed by atoms with Crippen LogP contribution in [0.1, 0.15) is 0 Å². The van der Waals surface area contributed by atoms with Crippen LogP contribution in [0.25, 0.3) is 0 Å². The van der Waals surface area contributed by atoms with Gasteiger partial charge in [-0.3, -0.25) is 4.79 Å². The summed E-state index contributed by atoms with van der Waals surface area (Å²) in [5.41, 5.74) is -0.341. The molecule has 0 radical (unpaired) electrons. The molecule has 0 aliphatic rings. The Morgan fingerprint density at radius 2 is 2.20 bits per heavy atom. The molecule has 0 spiro atoms. The number of carbonyl (C=O) groups excluding carboxylic acids is 1. The summed E-state index contributed by atoms with van der Waals surface area (Å²) in [6.07, 6.45) is 0.526. The average Bonchev–Trinajstić information content (AvgIpc) is 2.13. The lowest BCUT2D eigenvalue weighted by Gasteiger charge is -2.04. The summed E-state index contributed by atoms with van der Waals surface area (Å²) >= 11 is 2.78. The van der Waals surface area contributed by atoms with E-state index in [1.165, 1.54) is 0 Å². The van der Waals surface area contributed by atoms with E-state index < -0.39 is 17.5 Å². The van der Waals surface area contributed by atoms with Crippen molar-refractivity contribution in [2.75, 3.05) is 5.32 Å². The second kappa shape index (κ2) is 4.83. The number of benzene rings is 1. The smallest absolute Gasteiger partial charge is 0.270 e.